The smallest absolute Gasteiger partial charge is 0.0724 e. The fraction of sp³-hybridized carbons (Fsp3) is 0.250. The van der Waals surface area contributed by atoms with Gasteiger partial charge in [0, 0.05) is 11.1 Å². The van der Waals surface area contributed by atoms with Crippen molar-refractivity contribution >= 4 is 22.7 Å². The third-order valence-electron chi connectivity index (χ3n) is 3.89. The maximum Gasteiger partial charge on any atom is 0.0724 e. The molecule has 0 unspecified atom stereocenters. The van der Waals surface area contributed by atoms with E-state index in [9.17, 15) is 19.8 Å². The molecule has 0 aliphatic carbocycles. The molecule has 0 fully saturated rings. The van der Waals surface area contributed by atoms with Gasteiger partial charge in [-0.05, 0) is 60.7 Å². The molecular formula is C16H14O4-2. The van der Waals surface area contributed by atoms with Crippen LogP contribution in [0.15, 0.2) is 12.1 Å². The standard InChI is InChI=1S/C16H16O4/c1-7-5-11-12(6-8(7)2)14(16(19)20)10(4)9(3)13(11)15(17)18/h5-6H,1-4H3,(H,17,18)(H,19,20)/p-2. The summed E-state index contributed by atoms with van der Waals surface area (Å²) in [6.07, 6.45) is 0. The summed E-state index contributed by atoms with van der Waals surface area (Å²) in [4.78, 5) is 22.8. The molecule has 0 aliphatic rings. The molecule has 0 spiro atoms. The van der Waals surface area contributed by atoms with Crippen molar-refractivity contribution in [2.24, 2.45) is 0 Å². The molecule has 0 saturated heterocycles. The van der Waals surface area contributed by atoms with Crippen molar-refractivity contribution in [3.8, 4) is 0 Å². The first-order valence-electron chi connectivity index (χ1n) is 6.22. The van der Waals surface area contributed by atoms with Crippen LogP contribution in [0, 0.1) is 27.7 Å². The minimum atomic E-state index is -1.30. The highest BCUT2D eigenvalue weighted by molar-refractivity contribution is 6.12. The third kappa shape index (κ3) is 1.93. The van der Waals surface area contributed by atoms with Gasteiger partial charge in [-0.25, -0.2) is 0 Å². The van der Waals surface area contributed by atoms with Crippen LogP contribution in [-0.4, -0.2) is 11.9 Å². The average molecular weight is 270 g/mol. The molecule has 0 N–H and O–H groups in total. The van der Waals surface area contributed by atoms with Crippen LogP contribution in [0.4, 0.5) is 0 Å². The number of aromatic carboxylic acids is 2. The Kier molecular flexibility index (Phi) is 3.26. The average Bonchev–Trinajstić information content (AvgIpc) is 2.32. The minimum Gasteiger partial charge on any atom is -0.545 e. The van der Waals surface area contributed by atoms with Gasteiger partial charge in [0.05, 0.1) is 11.9 Å². The number of carboxylic acid groups (broad SMARTS) is 2. The van der Waals surface area contributed by atoms with Crippen LogP contribution in [0.2, 0.25) is 0 Å². The van der Waals surface area contributed by atoms with E-state index in [1.54, 1.807) is 26.0 Å². The van der Waals surface area contributed by atoms with Crippen LogP contribution < -0.4 is 10.2 Å². The second-order valence-electron chi connectivity index (χ2n) is 5.06. The highest BCUT2D eigenvalue weighted by atomic mass is 16.4. The van der Waals surface area contributed by atoms with E-state index >= 15 is 0 Å². The number of carbonyl (C=O) groups is 2. The summed E-state index contributed by atoms with van der Waals surface area (Å²) in [6, 6.07) is 3.38. The lowest BCUT2D eigenvalue weighted by Crippen LogP contribution is -2.27. The number of hydrogen-bond donors (Lipinski definition) is 0. The maximum absolute atomic E-state index is 11.4. The first kappa shape index (κ1) is 14.1. The molecule has 0 amide bonds. The molecule has 2 rings (SSSR count). The predicted octanol–water partition coefficient (Wildman–Crippen LogP) is 0.800. The monoisotopic (exact) mass is 270 g/mol. The lowest BCUT2D eigenvalue weighted by atomic mass is 9.88. The van der Waals surface area contributed by atoms with Gasteiger partial charge in [-0.1, -0.05) is 12.1 Å². The van der Waals surface area contributed by atoms with Crippen molar-refractivity contribution in [1.29, 1.82) is 0 Å². The Balaban J connectivity index is 3.13. The van der Waals surface area contributed by atoms with Crippen molar-refractivity contribution in [1.82, 2.24) is 0 Å². The molecule has 4 nitrogen and oxygen atoms in total. The Morgan fingerprint density at radius 1 is 0.750 bits per heavy atom. The number of rotatable bonds is 2. The Labute approximate surface area is 116 Å². The second kappa shape index (κ2) is 4.63. The number of aryl methyl sites for hydroxylation is 2. The lowest BCUT2D eigenvalue weighted by Gasteiger charge is -2.20. The summed E-state index contributed by atoms with van der Waals surface area (Å²) >= 11 is 0. The Morgan fingerprint density at radius 2 is 1.05 bits per heavy atom. The molecule has 0 radical (unpaired) electrons. The highest BCUT2D eigenvalue weighted by Gasteiger charge is 2.16. The van der Waals surface area contributed by atoms with E-state index in [2.05, 4.69) is 0 Å². The fourth-order valence-electron chi connectivity index (χ4n) is 2.53. The molecule has 0 aromatic heterocycles. The van der Waals surface area contributed by atoms with Crippen molar-refractivity contribution in [2.75, 3.05) is 0 Å². The van der Waals surface area contributed by atoms with Gasteiger partial charge in [-0.2, -0.15) is 0 Å². The molecule has 0 bridgehead atoms. The molecule has 4 heteroatoms. The fourth-order valence-corrected chi connectivity index (χ4v) is 2.53. The van der Waals surface area contributed by atoms with Gasteiger partial charge in [-0.3, -0.25) is 0 Å². The van der Waals surface area contributed by atoms with Crippen LogP contribution in [0.25, 0.3) is 10.8 Å². The van der Waals surface area contributed by atoms with Gasteiger partial charge < -0.3 is 19.8 Å². The molecule has 2 aromatic rings. The van der Waals surface area contributed by atoms with Crippen LogP contribution >= 0.6 is 0 Å². The van der Waals surface area contributed by atoms with Gasteiger partial charge in [0.2, 0.25) is 0 Å². The molecule has 20 heavy (non-hydrogen) atoms. The highest BCUT2D eigenvalue weighted by Crippen LogP contribution is 2.31. The van der Waals surface area contributed by atoms with E-state index in [1.165, 1.54) is 0 Å². The second-order valence-corrected chi connectivity index (χ2v) is 5.06. The van der Waals surface area contributed by atoms with Gasteiger partial charge in [-0.15, -0.1) is 0 Å². The van der Waals surface area contributed by atoms with E-state index in [-0.39, 0.29) is 11.1 Å². The first-order chi connectivity index (χ1) is 9.25. The SMILES string of the molecule is Cc1cc2c(C(=O)[O-])c(C)c(C)c(C(=O)[O-])c2cc1C. The van der Waals surface area contributed by atoms with Gasteiger partial charge in [0.1, 0.15) is 0 Å². The molecule has 104 valence electrons. The largest absolute Gasteiger partial charge is 0.545 e. The zero-order chi connectivity index (χ0) is 15.2. The summed E-state index contributed by atoms with van der Waals surface area (Å²) in [5.41, 5.74) is 2.69. The van der Waals surface area contributed by atoms with E-state index in [1.807, 2.05) is 13.8 Å². The number of hydrogen-bond acceptors (Lipinski definition) is 4. The molecule has 0 atom stereocenters. The topological polar surface area (TPSA) is 80.3 Å². The lowest BCUT2D eigenvalue weighted by molar-refractivity contribution is -0.256. The number of carbonyl (C=O) groups excluding carboxylic acids is 2. The summed E-state index contributed by atoms with van der Waals surface area (Å²) in [7, 11) is 0. The van der Waals surface area contributed by atoms with Gasteiger partial charge >= 0.3 is 0 Å². The van der Waals surface area contributed by atoms with E-state index in [0.717, 1.165) is 11.1 Å². The Hall–Kier alpha value is -2.36. The predicted molar refractivity (Wildman–Crippen MR) is 71.6 cm³/mol. The third-order valence-corrected chi connectivity index (χ3v) is 3.89. The zero-order valence-corrected chi connectivity index (χ0v) is 11.8. The van der Waals surface area contributed by atoms with E-state index in [4.69, 9.17) is 0 Å². The quantitative estimate of drug-likeness (QED) is 0.808. The Bertz CT molecular complexity index is 693. The summed E-state index contributed by atoms with van der Waals surface area (Å²) in [5, 5.41) is 23.6. The molecular weight excluding hydrogens is 256 g/mol. The van der Waals surface area contributed by atoms with Crippen LogP contribution in [0.3, 0.4) is 0 Å². The van der Waals surface area contributed by atoms with E-state index < -0.39 is 11.9 Å². The normalized spacial score (nSPS) is 10.8. The van der Waals surface area contributed by atoms with Crippen LogP contribution in [0.1, 0.15) is 43.0 Å². The maximum atomic E-state index is 11.4. The van der Waals surface area contributed by atoms with Gasteiger partial charge in [0.15, 0.2) is 0 Å². The number of fused-ring (bicyclic) bond motifs is 1. The summed E-state index contributed by atoms with van der Waals surface area (Å²) in [5.74, 6) is -2.60. The van der Waals surface area contributed by atoms with Crippen LogP contribution in [-0.2, 0) is 0 Å². The molecule has 0 saturated carbocycles. The van der Waals surface area contributed by atoms with Crippen molar-refractivity contribution < 1.29 is 19.8 Å². The summed E-state index contributed by atoms with van der Waals surface area (Å²) < 4.78 is 0. The summed E-state index contributed by atoms with van der Waals surface area (Å²) in [6.45, 7) is 6.87. The van der Waals surface area contributed by atoms with E-state index in [0.29, 0.717) is 21.9 Å². The number of benzene rings is 2. The molecule has 2 aromatic carbocycles. The van der Waals surface area contributed by atoms with Gasteiger partial charge in [0.25, 0.3) is 0 Å². The zero-order valence-electron chi connectivity index (χ0n) is 11.8. The van der Waals surface area contributed by atoms with Crippen LogP contribution in [0.5, 0.6) is 0 Å². The molecule has 0 aliphatic heterocycles. The molecule has 0 heterocycles. The van der Waals surface area contributed by atoms with Crippen molar-refractivity contribution in [3.63, 3.8) is 0 Å². The van der Waals surface area contributed by atoms with Crippen molar-refractivity contribution in [3.05, 3.63) is 45.5 Å². The number of carboxylic acids is 2. The van der Waals surface area contributed by atoms with Crippen molar-refractivity contribution in [2.45, 2.75) is 27.7 Å². The Morgan fingerprint density at radius 3 is 1.30 bits per heavy atom. The first-order valence-corrected chi connectivity index (χ1v) is 6.22. The minimum absolute atomic E-state index is 0.0469.